The topological polar surface area (TPSA) is 122 Å². The molecule has 0 unspecified atom stereocenters. The van der Waals surface area contributed by atoms with Gasteiger partial charge in [-0.1, -0.05) is 84.9 Å². The highest BCUT2D eigenvalue weighted by molar-refractivity contribution is 5.95. The summed E-state index contributed by atoms with van der Waals surface area (Å²) in [5, 5.41) is 22.4. The number of phenols is 2. The van der Waals surface area contributed by atoms with Gasteiger partial charge in [0, 0.05) is 0 Å². The van der Waals surface area contributed by atoms with Crippen LogP contribution in [0.1, 0.15) is 35.6 Å². The first-order valence-corrected chi connectivity index (χ1v) is 13.1. The van der Waals surface area contributed by atoms with E-state index in [1.165, 1.54) is 24.3 Å². The Balaban J connectivity index is 1.58. The average Bonchev–Trinajstić information content (AvgIpc) is 2.99. The van der Waals surface area contributed by atoms with Crippen molar-refractivity contribution < 1.29 is 34.1 Å². The van der Waals surface area contributed by atoms with Gasteiger partial charge in [-0.05, 0) is 53.4 Å². The van der Waals surface area contributed by atoms with Gasteiger partial charge in [0.05, 0.1) is 11.8 Å². The van der Waals surface area contributed by atoms with Crippen molar-refractivity contribution in [2.24, 2.45) is 0 Å². The number of phenolic OH excluding ortho intramolecular Hbond substituents is 2. The third-order valence-corrected chi connectivity index (χ3v) is 6.77. The number of esters is 2. The second-order valence-electron chi connectivity index (χ2n) is 9.69. The maximum absolute atomic E-state index is 14.0. The highest BCUT2D eigenvalue weighted by Crippen LogP contribution is 2.34. The first-order chi connectivity index (χ1) is 19.8. The maximum atomic E-state index is 14.0. The summed E-state index contributed by atoms with van der Waals surface area (Å²) in [5.74, 6) is -2.03. The van der Waals surface area contributed by atoms with Crippen LogP contribution >= 0.6 is 0 Å². The molecule has 4 aromatic rings. The van der Waals surface area contributed by atoms with Gasteiger partial charge in [-0.15, -0.1) is 0 Å². The number of hydrogen-bond donors (Lipinski definition) is 3. The van der Waals surface area contributed by atoms with Crippen molar-refractivity contribution in [1.29, 1.82) is 0 Å². The van der Waals surface area contributed by atoms with Crippen LogP contribution in [0, 0.1) is 0 Å². The molecule has 0 aromatic heterocycles. The van der Waals surface area contributed by atoms with Crippen molar-refractivity contribution in [3.63, 3.8) is 0 Å². The van der Waals surface area contributed by atoms with Crippen LogP contribution in [0.3, 0.4) is 0 Å². The molecule has 0 aliphatic rings. The van der Waals surface area contributed by atoms with Gasteiger partial charge in [0.2, 0.25) is 5.91 Å². The first kappa shape index (κ1) is 28.9. The van der Waals surface area contributed by atoms with E-state index in [9.17, 15) is 24.6 Å². The van der Waals surface area contributed by atoms with Crippen molar-refractivity contribution >= 4 is 17.8 Å². The van der Waals surface area contributed by atoms with Gasteiger partial charge in [0.25, 0.3) is 0 Å². The van der Waals surface area contributed by atoms with Crippen molar-refractivity contribution in [3.05, 3.63) is 131 Å². The Hall–Kier alpha value is -5.11. The van der Waals surface area contributed by atoms with Crippen LogP contribution in [0.5, 0.6) is 11.5 Å². The largest absolute Gasteiger partial charge is 0.508 e. The van der Waals surface area contributed by atoms with Crippen LogP contribution in [-0.4, -0.2) is 34.1 Å². The Morgan fingerprint density at radius 2 is 1.12 bits per heavy atom. The van der Waals surface area contributed by atoms with Gasteiger partial charge < -0.3 is 25.0 Å². The summed E-state index contributed by atoms with van der Waals surface area (Å²) in [6.45, 7) is 1.62. The van der Waals surface area contributed by atoms with Gasteiger partial charge in [-0.2, -0.15) is 0 Å². The first-order valence-electron chi connectivity index (χ1n) is 13.1. The molecule has 4 aromatic carbocycles. The number of carbonyl (C=O) groups excluding carboxylic acids is 3. The molecule has 210 valence electrons. The number of carbonyl (C=O) groups is 3. The molecule has 0 heterocycles. The van der Waals surface area contributed by atoms with E-state index in [0.29, 0.717) is 11.1 Å². The fraction of sp³-hybridized carbons (Fsp3) is 0.182. The van der Waals surface area contributed by atoms with Crippen LogP contribution in [0.4, 0.5) is 0 Å². The van der Waals surface area contributed by atoms with Crippen molar-refractivity contribution in [2.45, 2.75) is 38.0 Å². The van der Waals surface area contributed by atoms with Gasteiger partial charge in [-0.3, -0.25) is 9.59 Å². The van der Waals surface area contributed by atoms with Crippen molar-refractivity contribution in [3.8, 4) is 11.5 Å². The van der Waals surface area contributed by atoms with Crippen LogP contribution in [-0.2, 0) is 42.5 Å². The number of rotatable bonds is 11. The van der Waals surface area contributed by atoms with Gasteiger partial charge >= 0.3 is 11.9 Å². The number of nitrogens with one attached hydrogen (secondary N) is 1. The Kier molecular flexibility index (Phi) is 9.37. The smallest absolute Gasteiger partial charge is 0.329 e. The summed E-state index contributed by atoms with van der Waals surface area (Å²) in [4.78, 5) is 40.0. The molecule has 0 spiro atoms. The summed E-state index contributed by atoms with van der Waals surface area (Å²) < 4.78 is 10.9. The zero-order valence-electron chi connectivity index (χ0n) is 22.5. The summed E-state index contributed by atoms with van der Waals surface area (Å²) in [5.41, 5.74) is 1.19. The van der Waals surface area contributed by atoms with E-state index in [4.69, 9.17) is 9.47 Å². The van der Waals surface area contributed by atoms with Crippen LogP contribution < -0.4 is 5.32 Å². The Bertz CT molecular complexity index is 1410. The average molecular weight is 554 g/mol. The lowest BCUT2D eigenvalue weighted by atomic mass is 9.75. The van der Waals surface area contributed by atoms with Gasteiger partial charge in [0.15, 0.2) is 0 Å². The molecule has 0 radical (unpaired) electrons. The Morgan fingerprint density at radius 3 is 1.59 bits per heavy atom. The molecule has 8 nitrogen and oxygen atoms in total. The molecular formula is C33H31NO7. The SMILES string of the molecule is CC(C(=O)N[C@@H](CC(=O)OCc1ccccc1)C(=O)OCc1ccccc1)(c1ccc(O)cc1)c1ccc(O)cc1. The minimum atomic E-state index is -1.37. The molecule has 0 aliphatic carbocycles. The van der Waals surface area contributed by atoms with Gasteiger partial charge in [0.1, 0.15) is 30.8 Å². The molecule has 0 fully saturated rings. The van der Waals surface area contributed by atoms with E-state index in [1.54, 1.807) is 55.5 Å². The highest BCUT2D eigenvalue weighted by Gasteiger charge is 2.40. The number of amides is 1. The fourth-order valence-electron chi connectivity index (χ4n) is 4.31. The minimum absolute atomic E-state index is 0.0120. The Morgan fingerprint density at radius 1 is 0.683 bits per heavy atom. The molecule has 4 rings (SSSR count). The number of aromatic hydroxyl groups is 2. The third-order valence-electron chi connectivity index (χ3n) is 6.77. The van der Waals surface area contributed by atoms with Crippen LogP contribution in [0.25, 0.3) is 0 Å². The lowest BCUT2D eigenvalue weighted by molar-refractivity contribution is -0.155. The quantitative estimate of drug-likeness (QED) is 0.229. The molecule has 8 heteroatoms. The highest BCUT2D eigenvalue weighted by atomic mass is 16.5. The Labute approximate surface area is 238 Å². The monoisotopic (exact) mass is 553 g/mol. The third kappa shape index (κ3) is 7.51. The van der Waals surface area contributed by atoms with E-state index in [2.05, 4.69) is 5.32 Å². The number of hydrogen-bond acceptors (Lipinski definition) is 7. The standard InChI is InChI=1S/C33H31NO7/c1-33(25-12-16-27(35)17-13-25,26-14-18-28(36)19-15-26)32(39)34-29(31(38)41-22-24-10-6-3-7-11-24)20-30(37)40-21-23-8-4-2-5-9-23/h2-19,29,35-36H,20-22H2,1H3,(H,34,39)/t29-/m0/s1. The zero-order chi connectivity index (χ0) is 29.2. The number of ether oxygens (including phenoxy) is 2. The summed E-state index contributed by atoms with van der Waals surface area (Å²) in [6, 6.07) is 29.0. The predicted octanol–water partition coefficient (Wildman–Crippen LogP) is 4.77. The summed E-state index contributed by atoms with van der Waals surface area (Å²) in [6.07, 6.45) is -0.451. The van der Waals surface area contributed by atoms with Crippen molar-refractivity contribution in [1.82, 2.24) is 5.32 Å². The number of benzene rings is 4. The molecule has 41 heavy (non-hydrogen) atoms. The predicted molar refractivity (Wildman–Crippen MR) is 152 cm³/mol. The zero-order valence-corrected chi connectivity index (χ0v) is 22.5. The van der Waals surface area contributed by atoms with Gasteiger partial charge in [-0.25, -0.2) is 4.79 Å². The van der Waals surface area contributed by atoms with E-state index in [0.717, 1.165) is 11.1 Å². The molecule has 1 atom stereocenters. The molecular weight excluding hydrogens is 522 g/mol. The van der Waals surface area contributed by atoms with E-state index >= 15 is 0 Å². The fourth-order valence-corrected chi connectivity index (χ4v) is 4.31. The van der Waals surface area contributed by atoms with Crippen molar-refractivity contribution in [2.75, 3.05) is 0 Å². The lowest BCUT2D eigenvalue weighted by Gasteiger charge is -2.31. The second-order valence-corrected chi connectivity index (χ2v) is 9.69. The van der Waals surface area contributed by atoms with E-state index < -0.39 is 35.7 Å². The molecule has 1 amide bonds. The van der Waals surface area contributed by atoms with Crippen LogP contribution in [0.15, 0.2) is 109 Å². The molecule has 3 N–H and O–H groups in total. The van der Waals surface area contributed by atoms with E-state index in [1.807, 2.05) is 36.4 Å². The molecule has 0 aliphatic heterocycles. The summed E-state index contributed by atoms with van der Waals surface area (Å²) >= 11 is 0. The maximum Gasteiger partial charge on any atom is 0.329 e. The molecule has 0 saturated heterocycles. The second kappa shape index (κ2) is 13.3. The lowest BCUT2D eigenvalue weighted by Crippen LogP contribution is -2.51. The van der Waals surface area contributed by atoms with E-state index in [-0.39, 0.29) is 24.7 Å². The summed E-state index contributed by atoms with van der Waals surface area (Å²) in [7, 11) is 0. The molecule has 0 bridgehead atoms. The molecule has 0 saturated carbocycles. The minimum Gasteiger partial charge on any atom is -0.508 e. The van der Waals surface area contributed by atoms with Crippen LogP contribution in [0.2, 0.25) is 0 Å². The normalized spacial score (nSPS) is 11.7.